The molecule has 32 heavy (non-hydrogen) atoms. The van der Waals surface area contributed by atoms with Gasteiger partial charge < -0.3 is 15.0 Å². The van der Waals surface area contributed by atoms with Gasteiger partial charge >= 0.3 is 0 Å². The summed E-state index contributed by atoms with van der Waals surface area (Å²) in [7, 11) is -3.70. The number of amides is 1. The van der Waals surface area contributed by atoms with Gasteiger partial charge in [0.1, 0.15) is 0 Å². The number of benzene rings is 2. The number of aryl methyl sites for hydroxylation is 2. The van der Waals surface area contributed by atoms with Crippen LogP contribution in [0.15, 0.2) is 41.3 Å². The van der Waals surface area contributed by atoms with E-state index < -0.39 is 10.0 Å². The first-order valence-electron chi connectivity index (χ1n) is 11.2. The van der Waals surface area contributed by atoms with Gasteiger partial charge in [-0.3, -0.25) is 4.79 Å². The van der Waals surface area contributed by atoms with E-state index in [9.17, 15) is 13.2 Å². The smallest absolute Gasteiger partial charge is 0.257 e. The molecule has 0 bridgehead atoms. The molecular formula is C24H31N3O4S. The lowest BCUT2D eigenvalue weighted by Gasteiger charge is -2.31. The molecule has 2 aliphatic rings. The van der Waals surface area contributed by atoms with Crippen LogP contribution in [0, 0.1) is 13.8 Å². The van der Waals surface area contributed by atoms with E-state index in [1.807, 2.05) is 32.0 Å². The van der Waals surface area contributed by atoms with Gasteiger partial charge in [0.2, 0.25) is 10.0 Å². The number of sulfonamides is 1. The van der Waals surface area contributed by atoms with E-state index >= 15 is 0 Å². The number of morpholine rings is 1. The highest BCUT2D eigenvalue weighted by molar-refractivity contribution is 7.89. The summed E-state index contributed by atoms with van der Waals surface area (Å²) in [6.07, 6.45) is 3.29. The molecule has 2 saturated heterocycles. The van der Waals surface area contributed by atoms with Gasteiger partial charge in [0, 0.05) is 37.6 Å². The molecule has 1 N–H and O–H groups in total. The highest BCUT2D eigenvalue weighted by Gasteiger charge is 2.29. The molecule has 2 aromatic rings. The average molecular weight is 458 g/mol. The fraction of sp³-hybridized carbons (Fsp3) is 0.458. The number of piperidine rings is 1. The number of ether oxygens (including phenoxy) is 1. The minimum Gasteiger partial charge on any atom is -0.379 e. The van der Waals surface area contributed by atoms with Crippen LogP contribution in [-0.4, -0.2) is 58.0 Å². The standard InChI is InChI=1S/C24H31N3O4S/c1-18-6-8-22(19(2)16-18)25-24(28)21-17-20(32(29,30)27-12-14-31-15-13-27)7-9-23(21)26-10-4-3-5-11-26/h6-9,16-17H,3-5,10-15H2,1-2H3,(H,25,28). The number of nitrogens with one attached hydrogen (secondary N) is 1. The predicted molar refractivity (Wildman–Crippen MR) is 126 cm³/mol. The molecule has 0 atom stereocenters. The van der Waals surface area contributed by atoms with Crippen LogP contribution in [-0.2, 0) is 14.8 Å². The Hall–Kier alpha value is -2.42. The lowest BCUT2D eigenvalue weighted by molar-refractivity contribution is 0.0730. The molecule has 0 spiro atoms. The van der Waals surface area contributed by atoms with Gasteiger partial charge in [-0.25, -0.2) is 8.42 Å². The van der Waals surface area contributed by atoms with Crippen molar-refractivity contribution in [3.63, 3.8) is 0 Å². The van der Waals surface area contributed by atoms with E-state index in [4.69, 9.17) is 4.74 Å². The third-order valence-corrected chi connectivity index (χ3v) is 8.04. The fourth-order valence-electron chi connectivity index (χ4n) is 4.35. The molecule has 1 amide bonds. The zero-order chi connectivity index (χ0) is 22.7. The van der Waals surface area contributed by atoms with Crippen molar-refractivity contribution in [3.8, 4) is 0 Å². The van der Waals surface area contributed by atoms with Gasteiger partial charge in [-0.15, -0.1) is 0 Å². The first kappa shape index (κ1) is 22.8. The molecule has 0 aliphatic carbocycles. The summed E-state index contributed by atoms with van der Waals surface area (Å²) in [6, 6.07) is 10.8. The van der Waals surface area contributed by atoms with Crippen molar-refractivity contribution in [1.29, 1.82) is 0 Å². The van der Waals surface area contributed by atoms with E-state index in [0.717, 1.165) is 48.4 Å². The molecule has 4 rings (SSSR count). The fourth-order valence-corrected chi connectivity index (χ4v) is 5.78. The van der Waals surface area contributed by atoms with Crippen molar-refractivity contribution in [2.75, 3.05) is 49.6 Å². The summed E-state index contributed by atoms with van der Waals surface area (Å²) in [5, 5.41) is 3.00. The van der Waals surface area contributed by atoms with Crippen LogP contribution in [0.2, 0.25) is 0 Å². The van der Waals surface area contributed by atoms with Gasteiger partial charge in [-0.1, -0.05) is 17.7 Å². The van der Waals surface area contributed by atoms with E-state index in [1.165, 1.54) is 16.8 Å². The van der Waals surface area contributed by atoms with Gasteiger partial charge in [-0.05, 0) is 62.9 Å². The molecule has 0 saturated carbocycles. The summed E-state index contributed by atoms with van der Waals surface area (Å²) in [5.74, 6) is -0.295. The Bertz CT molecular complexity index is 1090. The van der Waals surface area contributed by atoms with E-state index in [0.29, 0.717) is 31.9 Å². The first-order valence-corrected chi connectivity index (χ1v) is 12.7. The molecule has 2 fully saturated rings. The molecule has 7 nitrogen and oxygen atoms in total. The molecule has 0 radical (unpaired) electrons. The quantitative estimate of drug-likeness (QED) is 0.743. The summed E-state index contributed by atoms with van der Waals surface area (Å²) in [5.41, 5.74) is 3.99. The van der Waals surface area contributed by atoms with Crippen molar-refractivity contribution in [3.05, 3.63) is 53.1 Å². The second kappa shape index (κ2) is 9.60. The highest BCUT2D eigenvalue weighted by atomic mass is 32.2. The van der Waals surface area contributed by atoms with Crippen LogP contribution in [0.1, 0.15) is 40.7 Å². The van der Waals surface area contributed by atoms with Crippen LogP contribution >= 0.6 is 0 Å². The van der Waals surface area contributed by atoms with Crippen LogP contribution in [0.25, 0.3) is 0 Å². The van der Waals surface area contributed by atoms with Crippen molar-refractivity contribution in [2.24, 2.45) is 0 Å². The molecule has 0 aromatic heterocycles. The van der Waals surface area contributed by atoms with Crippen molar-refractivity contribution < 1.29 is 17.9 Å². The van der Waals surface area contributed by atoms with Crippen LogP contribution in [0.5, 0.6) is 0 Å². The Morgan fingerprint density at radius 2 is 1.66 bits per heavy atom. The Labute approximate surface area is 190 Å². The lowest BCUT2D eigenvalue weighted by atomic mass is 10.1. The minimum absolute atomic E-state index is 0.144. The van der Waals surface area contributed by atoms with Gasteiger partial charge in [-0.2, -0.15) is 4.31 Å². The second-order valence-corrected chi connectivity index (χ2v) is 10.5. The zero-order valence-electron chi connectivity index (χ0n) is 18.8. The predicted octanol–water partition coefficient (Wildman–Crippen LogP) is 3.57. The SMILES string of the molecule is Cc1ccc(NC(=O)c2cc(S(=O)(=O)N3CCOCC3)ccc2N2CCCCC2)c(C)c1. The topological polar surface area (TPSA) is 79.0 Å². The Kier molecular flexibility index (Phi) is 6.83. The minimum atomic E-state index is -3.70. The highest BCUT2D eigenvalue weighted by Crippen LogP contribution is 2.29. The molecule has 8 heteroatoms. The number of carbonyl (C=O) groups is 1. The van der Waals surface area contributed by atoms with E-state index in [2.05, 4.69) is 10.2 Å². The summed E-state index contributed by atoms with van der Waals surface area (Å²) in [6.45, 7) is 7.08. The Balaban J connectivity index is 1.71. The van der Waals surface area contributed by atoms with Crippen LogP contribution < -0.4 is 10.2 Å². The molecule has 2 aromatic carbocycles. The van der Waals surface area contributed by atoms with Crippen LogP contribution in [0.3, 0.4) is 0 Å². The number of nitrogens with zero attached hydrogens (tertiary/aromatic N) is 2. The normalized spacial score (nSPS) is 17.9. The average Bonchev–Trinajstić information content (AvgIpc) is 2.81. The molecule has 2 aliphatic heterocycles. The number of hydrogen-bond donors (Lipinski definition) is 1. The summed E-state index contributed by atoms with van der Waals surface area (Å²) in [4.78, 5) is 15.7. The van der Waals surface area contributed by atoms with Crippen molar-refractivity contribution in [2.45, 2.75) is 38.0 Å². The molecule has 172 valence electrons. The molecular weight excluding hydrogens is 426 g/mol. The van der Waals surface area contributed by atoms with Gasteiger partial charge in [0.15, 0.2) is 0 Å². The summed E-state index contributed by atoms with van der Waals surface area (Å²) >= 11 is 0. The zero-order valence-corrected chi connectivity index (χ0v) is 19.6. The number of hydrogen-bond acceptors (Lipinski definition) is 5. The van der Waals surface area contributed by atoms with Gasteiger partial charge in [0.05, 0.1) is 23.7 Å². The first-order chi connectivity index (χ1) is 15.4. The summed E-state index contributed by atoms with van der Waals surface area (Å²) < 4.78 is 33.2. The third-order valence-electron chi connectivity index (χ3n) is 6.15. The maximum Gasteiger partial charge on any atom is 0.257 e. The number of rotatable bonds is 5. The number of anilines is 2. The van der Waals surface area contributed by atoms with Crippen LogP contribution in [0.4, 0.5) is 11.4 Å². The Morgan fingerprint density at radius 3 is 2.34 bits per heavy atom. The largest absolute Gasteiger partial charge is 0.379 e. The second-order valence-electron chi connectivity index (χ2n) is 8.52. The van der Waals surface area contributed by atoms with Crippen molar-refractivity contribution >= 4 is 27.3 Å². The van der Waals surface area contributed by atoms with E-state index in [-0.39, 0.29) is 10.8 Å². The maximum atomic E-state index is 13.4. The van der Waals surface area contributed by atoms with Gasteiger partial charge in [0.25, 0.3) is 5.91 Å². The van der Waals surface area contributed by atoms with E-state index in [1.54, 1.807) is 12.1 Å². The number of carbonyl (C=O) groups excluding carboxylic acids is 1. The monoisotopic (exact) mass is 457 g/mol. The Morgan fingerprint density at radius 1 is 0.938 bits per heavy atom. The maximum absolute atomic E-state index is 13.4. The lowest BCUT2D eigenvalue weighted by Crippen LogP contribution is -2.40. The molecule has 2 heterocycles. The molecule has 0 unspecified atom stereocenters. The third kappa shape index (κ3) is 4.82. The van der Waals surface area contributed by atoms with Crippen molar-refractivity contribution in [1.82, 2.24) is 4.31 Å².